The van der Waals surface area contributed by atoms with Crippen molar-refractivity contribution in [3.8, 4) is 17.2 Å². The van der Waals surface area contributed by atoms with E-state index in [4.69, 9.17) is 14.2 Å². The largest absolute Gasteiger partial charge is 0.493 e. The lowest BCUT2D eigenvalue weighted by atomic mass is 9.91. The van der Waals surface area contributed by atoms with Gasteiger partial charge in [0.25, 0.3) is 0 Å². The van der Waals surface area contributed by atoms with Gasteiger partial charge in [-0.2, -0.15) is 0 Å². The van der Waals surface area contributed by atoms with Crippen LogP contribution >= 0.6 is 0 Å². The van der Waals surface area contributed by atoms with Crippen LogP contribution in [0.25, 0.3) is 0 Å². The van der Waals surface area contributed by atoms with Crippen molar-refractivity contribution < 1.29 is 19.0 Å². The van der Waals surface area contributed by atoms with Crippen molar-refractivity contribution in [1.82, 2.24) is 4.90 Å². The zero-order chi connectivity index (χ0) is 22.4. The van der Waals surface area contributed by atoms with Gasteiger partial charge in [0.1, 0.15) is 12.4 Å². The monoisotopic (exact) mass is 425 g/mol. The number of carbonyl (C=O) groups is 1. The van der Waals surface area contributed by atoms with E-state index in [0.717, 1.165) is 36.3 Å². The third-order valence-corrected chi connectivity index (χ3v) is 6.02. The molecule has 0 unspecified atom stereocenters. The van der Waals surface area contributed by atoms with E-state index in [0.29, 0.717) is 31.2 Å². The Balaban J connectivity index is 1.88. The maximum absolute atomic E-state index is 13.0. The number of hydrogen-bond acceptors (Lipinski definition) is 4. The summed E-state index contributed by atoms with van der Waals surface area (Å²) in [6.07, 6.45) is 3.27. The molecule has 168 valence electrons. The van der Waals surface area contributed by atoms with Gasteiger partial charge in [-0.15, -0.1) is 0 Å². The number of fused-ring (bicyclic) bond motifs is 1. The molecule has 0 bridgehead atoms. The Bertz CT molecular complexity index is 876. The van der Waals surface area contributed by atoms with Crippen molar-refractivity contribution in [2.45, 2.75) is 58.4 Å². The Hall–Kier alpha value is -2.69. The number of ether oxygens (including phenoxy) is 3. The highest BCUT2D eigenvalue weighted by Crippen LogP contribution is 2.38. The first-order chi connectivity index (χ1) is 15.0. The average molecular weight is 426 g/mol. The maximum atomic E-state index is 13.0. The van der Waals surface area contributed by atoms with Crippen LogP contribution in [0.4, 0.5) is 0 Å². The molecule has 0 saturated heterocycles. The number of rotatable bonds is 9. The lowest BCUT2D eigenvalue weighted by molar-refractivity contribution is -0.135. The molecular formula is C26H35NO4. The summed E-state index contributed by atoms with van der Waals surface area (Å²) in [5.41, 5.74) is 3.54. The van der Waals surface area contributed by atoms with Gasteiger partial charge in [0.05, 0.1) is 20.3 Å². The first-order valence-electron chi connectivity index (χ1n) is 11.3. The molecule has 0 N–H and O–H groups in total. The molecule has 0 fully saturated rings. The Morgan fingerprint density at radius 2 is 1.77 bits per heavy atom. The first kappa shape index (κ1) is 23.0. The Labute approximate surface area is 186 Å². The molecule has 31 heavy (non-hydrogen) atoms. The van der Waals surface area contributed by atoms with Crippen LogP contribution in [0.15, 0.2) is 36.4 Å². The molecular weight excluding hydrogens is 390 g/mol. The van der Waals surface area contributed by atoms with E-state index < -0.39 is 0 Å². The van der Waals surface area contributed by atoms with Crippen molar-refractivity contribution >= 4 is 5.91 Å². The molecule has 0 aromatic heterocycles. The quantitative estimate of drug-likeness (QED) is 0.531. The molecule has 3 rings (SSSR count). The molecule has 5 nitrogen and oxygen atoms in total. The second kappa shape index (κ2) is 10.6. The summed E-state index contributed by atoms with van der Waals surface area (Å²) < 4.78 is 17.2. The fourth-order valence-corrected chi connectivity index (χ4v) is 4.10. The summed E-state index contributed by atoms with van der Waals surface area (Å²) in [6.45, 7) is 7.55. The van der Waals surface area contributed by atoms with Gasteiger partial charge in [-0.25, -0.2) is 0 Å². The van der Waals surface area contributed by atoms with Crippen LogP contribution < -0.4 is 14.2 Å². The fourth-order valence-electron chi connectivity index (χ4n) is 4.10. The number of unbranched alkanes of at least 4 members (excludes halogenated alkanes) is 1. The molecule has 0 saturated carbocycles. The summed E-state index contributed by atoms with van der Waals surface area (Å²) in [5.74, 6) is 2.88. The molecule has 1 aliphatic rings. The third kappa shape index (κ3) is 5.33. The highest BCUT2D eigenvalue weighted by atomic mass is 16.5. The van der Waals surface area contributed by atoms with Gasteiger partial charge in [-0.3, -0.25) is 4.79 Å². The van der Waals surface area contributed by atoms with E-state index in [2.05, 4.69) is 32.9 Å². The van der Waals surface area contributed by atoms with Gasteiger partial charge in [0.2, 0.25) is 5.91 Å². The predicted molar refractivity (Wildman–Crippen MR) is 123 cm³/mol. The molecule has 1 aliphatic heterocycles. The third-order valence-electron chi connectivity index (χ3n) is 6.02. The summed E-state index contributed by atoms with van der Waals surface area (Å²) >= 11 is 0. The van der Waals surface area contributed by atoms with Crippen LogP contribution in [-0.4, -0.2) is 38.2 Å². The molecule has 5 heteroatoms. The summed E-state index contributed by atoms with van der Waals surface area (Å²) in [4.78, 5) is 15.0. The second-order valence-corrected chi connectivity index (χ2v) is 8.40. The minimum Gasteiger partial charge on any atom is -0.493 e. The standard InChI is InChI=1S/C26H35NO4/c1-6-7-8-26(28)27-14-13-20-15-24(29-4)25(30-5)16-22(20)23(27)17-31-21-11-9-19(10-12-21)18(2)3/h9-12,15-16,18,23H,6-8,13-14,17H2,1-5H3/t23-/m1/s1. The van der Waals surface area contributed by atoms with Crippen molar-refractivity contribution in [3.63, 3.8) is 0 Å². The van der Waals surface area contributed by atoms with E-state index in [-0.39, 0.29) is 11.9 Å². The Kier molecular flexibility index (Phi) is 7.83. The van der Waals surface area contributed by atoms with Crippen LogP contribution in [0.3, 0.4) is 0 Å². The smallest absolute Gasteiger partial charge is 0.223 e. The van der Waals surface area contributed by atoms with E-state index in [9.17, 15) is 4.79 Å². The maximum Gasteiger partial charge on any atom is 0.223 e. The zero-order valence-corrected chi connectivity index (χ0v) is 19.4. The number of amides is 1. The Morgan fingerprint density at radius 1 is 1.10 bits per heavy atom. The number of benzene rings is 2. The minimum atomic E-state index is -0.155. The number of nitrogens with zero attached hydrogens (tertiary/aromatic N) is 1. The minimum absolute atomic E-state index is 0.155. The second-order valence-electron chi connectivity index (χ2n) is 8.40. The van der Waals surface area contributed by atoms with Crippen molar-refractivity contribution in [1.29, 1.82) is 0 Å². The molecule has 2 aromatic carbocycles. The predicted octanol–water partition coefficient (Wildman–Crippen LogP) is 5.52. The molecule has 1 amide bonds. The van der Waals surface area contributed by atoms with E-state index in [1.807, 2.05) is 29.2 Å². The highest BCUT2D eigenvalue weighted by Gasteiger charge is 2.32. The molecule has 0 spiro atoms. The summed E-state index contributed by atoms with van der Waals surface area (Å²) in [7, 11) is 3.29. The zero-order valence-electron chi connectivity index (χ0n) is 19.4. The number of methoxy groups -OCH3 is 2. The topological polar surface area (TPSA) is 48.0 Å². The van der Waals surface area contributed by atoms with Gasteiger partial charge in [-0.05, 0) is 59.7 Å². The van der Waals surface area contributed by atoms with Crippen LogP contribution in [0.1, 0.15) is 68.7 Å². The van der Waals surface area contributed by atoms with Gasteiger partial charge < -0.3 is 19.1 Å². The van der Waals surface area contributed by atoms with Crippen molar-refractivity contribution in [2.24, 2.45) is 0 Å². The molecule has 0 aliphatic carbocycles. The first-order valence-corrected chi connectivity index (χ1v) is 11.3. The van der Waals surface area contributed by atoms with Crippen molar-refractivity contribution in [3.05, 3.63) is 53.1 Å². The van der Waals surface area contributed by atoms with Crippen LogP contribution in [0, 0.1) is 0 Å². The van der Waals surface area contributed by atoms with Gasteiger partial charge in [0, 0.05) is 13.0 Å². The summed E-state index contributed by atoms with van der Waals surface area (Å²) in [6, 6.07) is 12.1. The summed E-state index contributed by atoms with van der Waals surface area (Å²) in [5, 5.41) is 0. The highest BCUT2D eigenvalue weighted by molar-refractivity contribution is 5.77. The van der Waals surface area contributed by atoms with Crippen molar-refractivity contribution in [2.75, 3.05) is 27.4 Å². The van der Waals surface area contributed by atoms with Crippen LogP contribution in [0.5, 0.6) is 17.2 Å². The van der Waals surface area contributed by atoms with Gasteiger partial charge in [0.15, 0.2) is 11.5 Å². The fraction of sp³-hybridized carbons (Fsp3) is 0.500. The lowest BCUT2D eigenvalue weighted by Gasteiger charge is -2.37. The van der Waals surface area contributed by atoms with Crippen LogP contribution in [0.2, 0.25) is 0 Å². The average Bonchev–Trinajstić information content (AvgIpc) is 2.79. The number of hydrogen-bond donors (Lipinski definition) is 0. The van der Waals surface area contributed by atoms with Gasteiger partial charge >= 0.3 is 0 Å². The number of carbonyl (C=O) groups excluding carboxylic acids is 1. The van der Waals surface area contributed by atoms with E-state index in [1.54, 1.807) is 14.2 Å². The van der Waals surface area contributed by atoms with Crippen LogP contribution in [-0.2, 0) is 11.2 Å². The normalized spacial score (nSPS) is 15.5. The van der Waals surface area contributed by atoms with E-state index in [1.165, 1.54) is 11.1 Å². The SMILES string of the molecule is CCCCC(=O)N1CCc2cc(OC)c(OC)cc2[C@H]1COc1ccc(C(C)C)cc1. The molecule has 1 heterocycles. The molecule has 1 atom stereocenters. The lowest BCUT2D eigenvalue weighted by Crippen LogP contribution is -2.42. The Morgan fingerprint density at radius 3 is 2.39 bits per heavy atom. The molecule has 0 radical (unpaired) electrons. The molecule has 2 aromatic rings. The van der Waals surface area contributed by atoms with E-state index >= 15 is 0 Å². The van der Waals surface area contributed by atoms with Gasteiger partial charge in [-0.1, -0.05) is 39.3 Å².